The predicted molar refractivity (Wildman–Crippen MR) is 105 cm³/mol. The number of hydrogen-bond donors (Lipinski definition) is 0. The molecular formula is C22H25N3O2. The highest BCUT2D eigenvalue weighted by Gasteiger charge is 2.24. The normalized spacial score (nSPS) is 17.5. The lowest BCUT2D eigenvalue weighted by Gasteiger charge is -2.32. The number of nitrogens with zero attached hydrogens (tertiary/aromatic N) is 3. The van der Waals surface area contributed by atoms with Gasteiger partial charge in [0, 0.05) is 50.4 Å². The molecule has 2 aliphatic rings. The summed E-state index contributed by atoms with van der Waals surface area (Å²) in [7, 11) is 2.07. The lowest BCUT2D eigenvalue weighted by atomic mass is 9.99. The maximum absolute atomic E-state index is 13.0. The highest BCUT2D eigenvalue weighted by Crippen LogP contribution is 2.21. The van der Waals surface area contributed by atoms with Gasteiger partial charge in [-0.1, -0.05) is 30.3 Å². The Balaban J connectivity index is 1.49. The second-order valence-corrected chi connectivity index (χ2v) is 7.42. The van der Waals surface area contributed by atoms with Crippen molar-refractivity contribution in [2.45, 2.75) is 13.0 Å². The van der Waals surface area contributed by atoms with Crippen LogP contribution in [-0.2, 0) is 13.0 Å². The van der Waals surface area contributed by atoms with E-state index >= 15 is 0 Å². The van der Waals surface area contributed by atoms with Crippen LogP contribution in [0.2, 0.25) is 0 Å². The van der Waals surface area contributed by atoms with E-state index < -0.39 is 0 Å². The van der Waals surface area contributed by atoms with Crippen molar-refractivity contribution in [1.82, 2.24) is 14.7 Å². The average molecular weight is 363 g/mol. The van der Waals surface area contributed by atoms with Gasteiger partial charge in [0.05, 0.1) is 0 Å². The summed E-state index contributed by atoms with van der Waals surface area (Å²) < 4.78 is 0. The summed E-state index contributed by atoms with van der Waals surface area (Å²) in [6, 6.07) is 15.5. The predicted octanol–water partition coefficient (Wildman–Crippen LogP) is 2.27. The SMILES string of the molecule is CN1CCN(C(=O)c2cccc(C(=O)N3CCc4ccccc4C3)c2)CC1. The lowest BCUT2D eigenvalue weighted by molar-refractivity contribution is 0.0664. The molecule has 0 N–H and O–H groups in total. The summed E-state index contributed by atoms with van der Waals surface area (Å²) in [5.74, 6) is 0.0132. The maximum atomic E-state index is 13.0. The van der Waals surface area contributed by atoms with Crippen molar-refractivity contribution >= 4 is 11.8 Å². The molecule has 0 saturated carbocycles. The lowest BCUT2D eigenvalue weighted by Crippen LogP contribution is -2.47. The molecule has 140 valence electrons. The van der Waals surface area contributed by atoms with E-state index in [2.05, 4.69) is 24.1 Å². The van der Waals surface area contributed by atoms with E-state index in [9.17, 15) is 9.59 Å². The van der Waals surface area contributed by atoms with Gasteiger partial charge in [-0.15, -0.1) is 0 Å². The third kappa shape index (κ3) is 3.74. The van der Waals surface area contributed by atoms with Gasteiger partial charge < -0.3 is 14.7 Å². The molecule has 4 rings (SSSR count). The number of hydrogen-bond acceptors (Lipinski definition) is 3. The second kappa shape index (κ2) is 7.53. The third-order valence-corrected chi connectivity index (χ3v) is 5.56. The number of likely N-dealkylation sites (N-methyl/N-ethyl adjacent to an activating group) is 1. The molecule has 2 aliphatic heterocycles. The van der Waals surface area contributed by atoms with E-state index in [1.54, 1.807) is 6.07 Å². The molecule has 0 bridgehead atoms. The Hall–Kier alpha value is -2.66. The monoisotopic (exact) mass is 363 g/mol. The van der Waals surface area contributed by atoms with E-state index in [0.29, 0.717) is 24.2 Å². The Kier molecular flexibility index (Phi) is 4.94. The zero-order chi connectivity index (χ0) is 18.8. The van der Waals surface area contributed by atoms with Gasteiger partial charge in [0.15, 0.2) is 0 Å². The molecule has 27 heavy (non-hydrogen) atoms. The zero-order valence-corrected chi connectivity index (χ0v) is 15.7. The number of rotatable bonds is 2. The van der Waals surface area contributed by atoms with Gasteiger partial charge in [-0.25, -0.2) is 0 Å². The van der Waals surface area contributed by atoms with Gasteiger partial charge in [0.2, 0.25) is 0 Å². The summed E-state index contributed by atoms with van der Waals surface area (Å²) in [6.07, 6.45) is 0.877. The average Bonchev–Trinajstić information content (AvgIpc) is 2.73. The minimum absolute atomic E-state index is 0.00229. The molecule has 0 unspecified atom stereocenters. The molecule has 2 amide bonds. The van der Waals surface area contributed by atoms with Crippen LogP contribution in [0, 0.1) is 0 Å². The Morgan fingerprint density at radius 3 is 2.07 bits per heavy atom. The molecule has 5 heteroatoms. The molecule has 2 heterocycles. The Morgan fingerprint density at radius 1 is 0.741 bits per heavy atom. The minimum Gasteiger partial charge on any atom is -0.336 e. The highest BCUT2D eigenvalue weighted by atomic mass is 16.2. The highest BCUT2D eigenvalue weighted by molar-refractivity contribution is 5.99. The maximum Gasteiger partial charge on any atom is 0.254 e. The van der Waals surface area contributed by atoms with Gasteiger partial charge in [0.25, 0.3) is 11.8 Å². The van der Waals surface area contributed by atoms with Crippen LogP contribution < -0.4 is 0 Å². The van der Waals surface area contributed by atoms with Gasteiger partial charge in [-0.2, -0.15) is 0 Å². The topological polar surface area (TPSA) is 43.9 Å². The number of amides is 2. The second-order valence-electron chi connectivity index (χ2n) is 7.42. The van der Waals surface area contributed by atoms with E-state index in [-0.39, 0.29) is 11.8 Å². The van der Waals surface area contributed by atoms with Crippen molar-refractivity contribution in [2.24, 2.45) is 0 Å². The van der Waals surface area contributed by atoms with Crippen LogP contribution in [0.1, 0.15) is 31.8 Å². The van der Waals surface area contributed by atoms with Gasteiger partial charge in [-0.05, 0) is 42.8 Å². The summed E-state index contributed by atoms with van der Waals surface area (Å²) >= 11 is 0. The Bertz CT molecular complexity index is 856. The van der Waals surface area contributed by atoms with Crippen molar-refractivity contribution < 1.29 is 9.59 Å². The first-order chi connectivity index (χ1) is 13.1. The largest absolute Gasteiger partial charge is 0.336 e. The third-order valence-electron chi connectivity index (χ3n) is 5.56. The molecule has 2 aromatic carbocycles. The van der Waals surface area contributed by atoms with Crippen LogP contribution in [0.15, 0.2) is 48.5 Å². The van der Waals surface area contributed by atoms with E-state index in [1.165, 1.54) is 11.1 Å². The molecule has 1 saturated heterocycles. The van der Waals surface area contributed by atoms with Crippen LogP contribution in [-0.4, -0.2) is 66.3 Å². The van der Waals surface area contributed by atoms with Crippen LogP contribution in [0.3, 0.4) is 0 Å². The molecule has 0 aliphatic carbocycles. The molecule has 1 fully saturated rings. The summed E-state index contributed by atoms with van der Waals surface area (Å²) in [4.78, 5) is 31.8. The first-order valence-corrected chi connectivity index (χ1v) is 9.56. The molecule has 0 radical (unpaired) electrons. The Morgan fingerprint density at radius 2 is 1.37 bits per heavy atom. The fourth-order valence-corrected chi connectivity index (χ4v) is 3.83. The molecule has 2 aromatic rings. The summed E-state index contributed by atoms with van der Waals surface area (Å²) in [5, 5.41) is 0. The molecule has 0 atom stereocenters. The van der Waals surface area contributed by atoms with Crippen LogP contribution >= 0.6 is 0 Å². The first-order valence-electron chi connectivity index (χ1n) is 9.56. The van der Waals surface area contributed by atoms with Crippen LogP contribution in [0.5, 0.6) is 0 Å². The van der Waals surface area contributed by atoms with Crippen LogP contribution in [0.25, 0.3) is 0 Å². The van der Waals surface area contributed by atoms with E-state index in [4.69, 9.17) is 0 Å². The van der Waals surface area contributed by atoms with Crippen molar-refractivity contribution in [3.63, 3.8) is 0 Å². The smallest absolute Gasteiger partial charge is 0.254 e. The fraction of sp³-hybridized carbons (Fsp3) is 0.364. The van der Waals surface area contributed by atoms with Gasteiger partial charge >= 0.3 is 0 Å². The molecular weight excluding hydrogens is 338 g/mol. The summed E-state index contributed by atoms with van der Waals surface area (Å²) in [6.45, 7) is 4.58. The quantitative estimate of drug-likeness (QED) is 0.822. The van der Waals surface area contributed by atoms with Crippen molar-refractivity contribution in [3.8, 4) is 0 Å². The Labute approximate surface area is 160 Å². The van der Waals surface area contributed by atoms with Crippen molar-refractivity contribution in [2.75, 3.05) is 39.8 Å². The van der Waals surface area contributed by atoms with E-state index in [1.807, 2.05) is 40.1 Å². The molecule has 0 aromatic heterocycles. The minimum atomic E-state index is -0.00229. The number of benzene rings is 2. The number of piperazine rings is 1. The standard InChI is InChI=1S/C22H25N3O2/c1-23-11-13-24(14-12-23)21(26)18-7-4-8-19(15-18)22(27)25-10-9-17-5-2-3-6-20(17)16-25/h2-8,15H,9-14,16H2,1H3. The van der Waals surface area contributed by atoms with Crippen molar-refractivity contribution in [1.29, 1.82) is 0 Å². The van der Waals surface area contributed by atoms with Gasteiger partial charge in [0.1, 0.15) is 0 Å². The fourth-order valence-electron chi connectivity index (χ4n) is 3.83. The molecule has 5 nitrogen and oxygen atoms in total. The number of fused-ring (bicyclic) bond motifs is 1. The van der Waals surface area contributed by atoms with Crippen molar-refractivity contribution in [3.05, 3.63) is 70.8 Å². The van der Waals surface area contributed by atoms with Gasteiger partial charge in [-0.3, -0.25) is 9.59 Å². The summed E-state index contributed by atoms with van der Waals surface area (Å²) in [5.41, 5.74) is 3.72. The van der Waals surface area contributed by atoms with E-state index in [0.717, 1.165) is 32.6 Å². The number of carbonyl (C=O) groups is 2. The van der Waals surface area contributed by atoms with Crippen LogP contribution in [0.4, 0.5) is 0 Å². The molecule has 0 spiro atoms. The zero-order valence-electron chi connectivity index (χ0n) is 15.7. The first kappa shape index (κ1) is 17.7. The number of carbonyl (C=O) groups excluding carboxylic acids is 2.